The summed E-state index contributed by atoms with van der Waals surface area (Å²) < 4.78 is 1.62. The molecular formula is C17H23N5O2. The zero-order valence-corrected chi connectivity index (χ0v) is 13.8. The molecule has 7 heteroatoms. The number of aryl methyl sites for hydroxylation is 2. The van der Waals surface area contributed by atoms with Crippen molar-refractivity contribution in [1.29, 1.82) is 0 Å². The number of amides is 1. The predicted octanol–water partition coefficient (Wildman–Crippen LogP) is 1.56. The molecule has 1 aliphatic heterocycles. The third-order valence-corrected chi connectivity index (χ3v) is 4.35. The third kappa shape index (κ3) is 3.91. The largest absolute Gasteiger partial charge is 0.508 e. The zero-order valence-electron chi connectivity index (χ0n) is 13.8. The van der Waals surface area contributed by atoms with Gasteiger partial charge in [0.15, 0.2) is 5.82 Å². The summed E-state index contributed by atoms with van der Waals surface area (Å²) in [6.07, 6.45) is 2.81. The molecule has 1 aromatic carbocycles. The Labute approximate surface area is 141 Å². The summed E-state index contributed by atoms with van der Waals surface area (Å²) in [5, 5.41) is 20.3. The minimum Gasteiger partial charge on any atom is -0.508 e. The molecule has 3 N–H and O–H groups in total. The van der Waals surface area contributed by atoms with Gasteiger partial charge in [-0.25, -0.2) is 4.68 Å². The number of carbonyl (C=O) groups excluding carboxylic acids is 1. The van der Waals surface area contributed by atoms with Gasteiger partial charge in [0.05, 0.1) is 0 Å². The highest BCUT2D eigenvalue weighted by Crippen LogP contribution is 2.23. The van der Waals surface area contributed by atoms with Crippen LogP contribution < -0.4 is 10.6 Å². The molecule has 0 atom stereocenters. The van der Waals surface area contributed by atoms with Crippen molar-refractivity contribution >= 4 is 11.9 Å². The number of rotatable bonds is 5. The highest BCUT2D eigenvalue weighted by Gasteiger charge is 2.21. The van der Waals surface area contributed by atoms with E-state index in [1.807, 2.05) is 12.1 Å². The van der Waals surface area contributed by atoms with Crippen LogP contribution in [0.5, 0.6) is 5.75 Å². The molecule has 1 aromatic heterocycles. The van der Waals surface area contributed by atoms with Crippen LogP contribution in [0, 0.1) is 0 Å². The summed E-state index contributed by atoms with van der Waals surface area (Å²) in [5.41, 5.74) is 0.765. The molecular weight excluding hydrogens is 306 g/mol. The second kappa shape index (κ2) is 7.44. The third-order valence-electron chi connectivity index (χ3n) is 4.35. The van der Waals surface area contributed by atoms with Gasteiger partial charge in [0.1, 0.15) is 5.75 Å². The number of aromatic hydroxyl groups is 1. The van der Waals surface area contributed by atoms with Crippen molar-refractivity contribution in [2.24, 2.45) is 7.05 Å². The van der Waals surface area contributed by atoms with E-state index in [9.17, 15) is 9.90 Å². The first kappa shape index (κ1) is 16.4. The van der Waals surface area contributed by atoms with E-state index < -0.39 is 0 Å². The van der Waals surface area contributed by atoms with Crippen molar-refractivity contribution in [2.45, 2.75) is 31.6 Å². The lowest BCUT2D eigenvalue weighted by atomic mass is 9.98. The topological polar surface area (TPSA) is 92.1 Å². The molecule has 1 amide bonds. The van der Waals surface area contributed by atoms with Crippen LogP contribution >= 0.6 is 0 Å². The minimum absolute atomic E-state index is 0.134. The van der Waals surface area contributed by atoms with Crippen molar-refractivity contribution in [2.75, 3.05) is 18.4 Å². The summed E-state index contributed by atoms with van der Waals surface area (Å²) in [6.45, 7) is 1.95. The van der Waals surface area contributed by atoms with E-state index in [1.165, 1.54) is 0 Å². The number of carbonyl (C=O) groups is 1. The van der Waals surface area contributed by atoms with Crippen molar-refractivity contribution in [3.63, 3.8) is 0 Å². The van der Waals surface area contributed by atoms with Crippen LogP contribution in [0.1, 0.15) is 36.6 Å². The number of phenols is 1. The van der Waals surface area contributed by atoms with E-state index in [-0.39, 0.29) is 18.1 Å². The van der Waals surface area contributed by atoms with Crippen LogP contribution in [0.25, 0.3) is 0 Å². The molecule has 0 saturated carbocycles. The number of phenolic OH excluding ortho intramolecular Hbond substituents is 1. The summed E-state index contributed by atoms with van der Waals surface area (Å²) in [7, 11) is 1.79. The van der Waals surface area contributed by atoms with Crippen molar-refractivity contribution in [1.82, 2.24) is 20.1 Å². The molecule has 0 unspecified atom stereocenters. The van der Waals surface area contributed by atoms with E-state index in [0.717, 1.165) is 37.3 Å². The molecule has 0 spiro atoms. The van der Waals surface area contributed by atoms with E-state index in [0.29, 0.717) is 18.3 Å². The Morgan fingerprint density at radius 3 is 2.88 bits per heavy atom. The number of piperidine rings is 1. The number of aromatic nitrogens is 3. The standard InChI is InChI=1S/C17H23N5O2/c1-22-17(20-16(21-22)13-8-10-18-11-9-13)19-15(24)7-6-12-4-2-3-5-14(12)23/h2-5,13,18,23H,6-11H2,1H3,(H,19,20,21,24). The molecule has 7 nitrogen and oxygen atoms in total. The fourth-order valence-corrected chi connectivity index (χ4v) is 2.92. The summed E-state index contributed by atoms with van der Waals surface area (Å²) in [5.74, 6) is 1.72. The van der Waals surface area contributed by atoms with Crippen molar-refractivity contribution in [3.05, 3.63) is 35.7 Å². The lowest BCUT2D eigenvalue weighted by molar-refractivity contribution is -0.116. The molecule has 1 aliphatic rings. The minimum atomic E-state index is -0.134. The van der Waals surface area contributed by atoms with Crippen LogP contribution in [-0.4, -0.2) is 38.9 Å². The van der Waals surface area contributed by atoms with Gasteiger partial charge in [-0.15, -0.1) is 0 Å². The summed E-state index contributed by atoms with van der Waals surface area (Å²) in [4.78, 5) is 16.6. The Kier molecular flexibility index (Phi) is 5.10. The van der Waals surface area contributed by atoms with Crippen molar-refractivity contribution < 1.29 is 9.90 Å². The summed E-state index contributed by atoms with van der Waals surface area (Å²) >= 11 is 0. The van der Waals surface area contributed by atoms with Crippen LogP contribution in [0.15, 0.2) is 24.3 Å². The second-order valence-corrected chi connectivity index (χ2v) is 6.12. The Morgan fingerprint density at radius 2 is 2.12 bits per heavy atom. The highest BCUT2D eigenvalue weighted by molar-refractivity contribution is 5.89. The van der Waals surface area contributed by atoms with Crippen LogP contribution in [0.4, 0.5) is 5.95 Å². The van der Waals surface area contributed by atoms with Gasteiger partial charge in [-0.2, -0.15) is 10.1 Å². The Hall–Kier alpha value is -2.41. The molecule has 0 radical (unpaired) electrons. The van der Waals surface area contributed by atoms with Gasteiger partial charge < -0.3 is 10.4 Å². The number of hydrogen-bond donors (Lipinski definition) is 3. The Bertz CT molecular complexity index is 707. The molecule has 1 saturated heterocycles. The number of nitrogens with one attached hydrogen (secondary N) is 2. The number of hydrogen-bond acceptors (Lipinski definition) is 5. The molecule has 1 fully saturated rings. The summed E-state index contributed by atoms with van der Waals surface area (Å²) in [6, 6.07) is 7.06. The van der Waals surface area contributed by atoms with Gasteiger partial charge in [0.25, 0.3) is 0 Å². The van der Waals surface area contributed by atoms with Gasteiger partial charge in [0.2, 0.25) is 11.9 Å². The fourth-order valence-electron chi connectivity index (χ4n) is 2.92. The Morgan fingerprint density at radius 1 is 1.38 bits per heavy atom. The van der Waals surface area contributed by atoms with E-state index in [2.05, 4.69) is 20.7 Å². The van der Waals surface area contributed by atoms with Gasteiger partial charge in [-0.1, -0.05) is 18.2 Å². The van der Waals surface area contributed by atoms with Crippen LogP contribution in [0.3, 0.4) is 0 Å². The Balaban J connectivity index is 1.58. The molecule has 2 heterocycles. The quantitative estimate of drug-likeness (QED) is 0.774. The number of benzene rings is 1. The maximum atomic E-state index is 12.2. The lowest BCUT2D eigenvalue weighted by Gasteiger charge is -2.19. The molecule has 0 bridgehead atoms. The number of nitrogens with zero attached hydrogens (tertiary/aromatic N) is 3. The molecule has 3 rings (SSSR count). The van der Waals surface area contributed by atoms with Gasteiger partial charge >= 0.3 is 0 Å². The number of anilines is 1. The predicted molar refractivity (Wildman–Crippen MR) is 90.9 cm³/mol. The number of para-hydroxylation sites is 1. The highest BCUT2D eigenvalue weighted by atomic mass is 16.3. The second-order valence-electron chi connectivity index (χ2n) is 6.12. The van der Waals surface area contributed by atoms with E-state index in [4.69, 9.17) is 0 Å². The molecule has 128 valence electrons. The average molecular weight is 329 g/mol. The average Bonchev–Trinajstić information content (AvgIpc) is 2.96. The monoisotopic (exact) mass is 329 g/mol. The van der Waals surface area contributed by atoms with Gasteiger partial charge in [-0.05, 0) is 44.0 Å². The van der Waals surface area contributed by atoms with E-state index in [1.54, 1.807) is 23.9 Å². The molecule has 0 aliphatic carbocycles. The first-order chi connectivity index (χ1) is 11.6. The van der Waals surface area contributed by atoms with Gasteiger partial charge in [0, 0.05) is 19.4 Å². The molecule has 2 aromatic rings. The maximum absolute atomic E-state index is 12.2. The maximum Gasteiger partial charge on any atom is 0.227 e. The first-order valence-electron chi connectivity index (χ1n) is 8.32. The normalized spacial score (nSPS) is 15.4. The zero-order chi connectivity index (χ0) is 16.9. The van der Waals surface area contributed by atoms with Crippen LogP contribution in [0.2, 0.25) is 0 Å². The molecule has 24 heavy (non-hydrogen) atoms. The SMILES string of the molecule is Cn1nc(C2CCNCC2)nc1NC(=O)CCc1ccccc1O. The van der Waals surface area contributed by atoms with Gasteiger partial charge in [-0.3, -0.25) is 10.1 Å². The van der Waals surface area contributed by atoms with E-state index >= 15 is 0 Å². The fraction of sp³-hybridized carbons (Fsp3) is 0.471. The smallest absolute Gasteiger partial charge is 0.227 e. The lowest BCUT2D eigenvalue weighted by Crippen LogP contribution is -2.27. The van der Waals surface area contributed by atoms with Crippen molar-refractivity contribution in [3.8, 4) is 5.75 Å². The van der Waals surface area contributed by atoms with Crippen LogP contribution in [-0.2, 0) is 18.3 Å². The first-order valence-corrected chi connectivity index (χ1v) is 8.32.